The maximum absolute atomic E-state index is 9.40. The van der Waals surface area contributed by atoms with Crippen LogP contribution in [0.25, 0.3) is 0 Å². The van der Waals surface area contributed by atoms with Gasteiger partial charge in [-0.3, -0.25) is 0 Å². The lowest BCUT2D eigenvalue weighted by Crippen LogP contribution is -2.46. The van der Waals surface area contributed by atoms with E-state index in [1.807, 2.05) is 20.8 Å². The van der Waals surface area contributed by atoms with Crippen LogP contribution in [0.2, 0.25) is 0 Å². The zero-order chi connectivity index (χ0) is 12.7. The van der Waals surface area contributed by atoms with Crippen molar-refractivity contribution in [2.75, 3.05) is 20.3 Å². The first kappa shape index (κ1) is 20.0. The fourth-order valence-electron chi connectivity index (χ4n) is 0.326. The summed E-state index contributed by atoms with van der Waals surface area (Å²) >= 11 is 0. The summed E-state index contributed by atoms with van der Waals surface area (Å²) in [4.78, 5) is 9.40. The van der Waals surface area contributed by atoms with E-state index in [1.165, 1.54) is 0 Å². The third-order valence-electron chi connectivity index (χ3n) is 1.71. The van der Waals surface area contributed by atoms with E-state index in [-0.39, 0.29) is 13.2 Å². The van der Waals surface area contributed by atoms with Crippen LogP contribution < -0.4 is 5.32 Å². The molecule has 94 valence electrons. The molecule has 0 heterocycles. The molecule has 0 saturated carbocycles. The summed E-state index contributed by atoms with van der Waals surface area (Å²) in [5.74, 6) is 0. The highest BCUT2D eigenvalue weighted by molar-refractivity contribution is 5.48. The summed E-state index contributed by atoms with van der Waals surface area (Å²) in [6.07, 6.45) is 2.61. The number of hydrogen-bond acceptors (Lipinski definition) is 4. The van der Waals surface area contributed by atoms with E-state index in [0.29, 0.717) is 6.42 Å². The molecule has 4 heteroatoms. The van der Waals surface area contributed by atoms with E-state index < -0.39 is 5.54 Å². The van der Waals surface area contributed by atoms with Gasteiger partial charge in [-0.05, 0) is 20.4 Å². The Bertz CT molecular complexity index is 106. The minimum Gasteiger partial charge on any atom is -0.394 e. The smallest absolute Gasteiger partial charge is 0.119 e. The van der Waals surface area contributed by atoms with Crippen molar-refractivity contribution >= 4 is 6.29 Å². The number of carbonyl (C=O) groups excluding carboxylic acids is 1. The topological polar surface area (TPSA) is 69.6 Å². The Morgan fingerprint density at radius 3 is 1.67 bits per heavy atom. The van der Waals surface area contributed by atoms with E-state index in [1.54, 1.807) is 14.0 Å². The van der Waals surface area contributed by atoms with Crippen molar-refractivity contribution in [3.05, 3.63) is 0 Å². The van der Waals surface area contributed by atoms with Crippen LogP contribution in [0.15, 0.2) is 0 Å². The number of aliphatic hydroxyl groups is 2. The summed E-state index contributed by atoms with van der Waals surface area (Å²) < 4.78 is 0. The molecule has 0 saturated heterocycles. The van der Waals surface area contributed by atoms with Gasteiger partial charge < -0.3 is 20.3 Å². The van der Waals surface area contributed by atoms with Gasteiger partial charge in [0.15, 0.2) is 0 Å². The van der Waals surface area contributed by atoms with Crippen molar-refractivity contribution in [1.82, 2.24) is 5.32 Å². The monoisotopic (exact) mass is 221 g/mol. The van der Waals surface area contributed by atoms with Crippen LogP contribution in [0, 0.1) is 0 Å². The summed E-state index contributed by atoms with van der Waals surface area (Å²) in [6, 6.07) is 0. The number of hydrogen-bond donors (Lipinski definition) is 3. The van der Waals surface area contributed by atoms with Gasteiger partial charge in [-0.1, -0.05) is 20.8 Å². The van der Waals surface area contributed by atoms with Gasteiger partial charge in [0.05, 0.1) is 18.8 Å². The maximum Gasteiger partial charge on any atom is 0.119 e. The van der Waals surface area contributed by atoms with Gasteiger partial charge in [0.25, 0.3) is 0 Å². The third kappa shape index (κ3) is 16.2. The normalized spacial score (nSPS) is 9.27. The maximum atomic E-state index is 9.40. The van der Waals surface area contributed by atoms with Crippen molar-refractivity contribution in [3.8, 4) is 0 Å². The minimum absolute atomic E-state index is 0.0417. The summed E-state index contributed by atoms with van der Waals surface area (Å²) in [6.45, 7) is 7.64. The van der Waals surface area contributed by atoms with Crippen LogP contribution in [0.5, 0.6) is 0 Å². The second-order valence-electron chi connectivity index (χ2n) is 3.08. The number of unbranched alkanes of at least 4 members (excludes halogenated alkanes) is 1. The summed E-state index contributed by atoms with van der Waals surface area (Å²) in [5, 5.41) is 19.9. The predicted octanol–water partition coefficient (Wildman–Crippen LogP) is 0.961. The molecule has 0 atom stereocenters. The first-order valence-electron chi connectivity index (χ1n) is 5.44. The van der Waals surface area contributed by atoms with Gasteiger partial charge in [0, 0.05) is 6.42 Å². The summed E-state index contributed by atoms with van der Waals surface area (Å²) in [5.41, 5.74) is -0.514. The number of carbonyl (C=O) groups is 1. The molecule has 0 aromatic rings. The highest BCUT2D eigenvalue weighted by Gasteiger charge is 2.17. The average molecular weight is 221 g/mol. The van der Waals surface area contributed by atoms with Crippen molar-refractivity contribution in [2.24, 2.45) is 0 Å². The molecular weight excluding hydrogens is 194 g/mol. The first-order valence-corrected chi connectivity index (χ1v) is 5.44. The largest absolute Gasteiger partial charge is 0.394 e. The van der Waals surface area contributed by atoms with Crippen LogP contribution in [-0.4, -0.2) is 42.3 Å². The van der Waals surface area contributed by atoms with Crippen LogP contribution >= 0.6 is 0 Å². The Morgan fingerprint density at radius 2 is 1.67 bits per heavy atom. The summed E-state index contributed by atoms with van der Waals surface area (Å²) in [7, 11) is 1.70. The molecule has 4 nitrogen and oxygen atoms in total. The Hall–Kier alpha value is -0.450. The molecule has 0 aliphatic heterocycles. The highest BCUT2D eigenvalue weighted by Crippen LogP contribution is 1.96. The van der Waals surface area contributed by atoms with Crippen molar-refractivity contribution in [3.63, 3.8) is 0 Å². The highest BCUT2D eigenvalue weighted by atomic mass is 16.3. The SMILES string of the molecule is CC.CCCC=O.CNC(C)(CO)CO. The Labute approximate surface area is 93.7 Å². The van der Waals surface area contributed by atoms with E-state index in [2.05, 4.69) is 5.32 Å². The molecule has 15 heavy (non-hydrogen) atoms. The van der Waals surface area contributed by atoms with Crippen molar-refractivity contribution < 1.29 is 15.0 Å². The molecule has 0 radical (unpaired) electrons. The molecule has 0 amide bonds. The molecule has 0 rings (SSSR count). The molecule has 0 aromatic carbocycles. The van der Waals surface area contributed by atoms with E-state index in [4.69, 9.17) is 10.2 Å². The molecule has 0 aliphatic carbocycles. The average Bonchev–Trinajstić information content (AvgIpc) is 2.32. The van der Waals surface area contributed by atoms with Crippen LogP contribution in [0.3, 0.4) is 0 Å². The van der Waals surface area contributed by atoms with E-state index >= 15 is 0 Å². The number of nitrogens with one attached hydrogen (secondary N) is 1. The van der Waals surface area contributed by atoms with Crippen molar-refractivity contribution in [2.45, 2.75) is 46.1 Å². The lowest BCUT2D eigenvalue weighted by Gasteiger charge is -2.23. The quantitative estimate of drug-likeness (QED) is 0.605. The van der Waals surface area contributed by atoms with E-state index in [9.17, 15) is 4.79 Å². The fourth-order valence-corrected chi connectivity index (χ4v) is 0.326. The fraction of sp³-hybridized carbons (Fsp3) is 0.909. The van der Waals surface area contributed by atoms with Gasteiger partial charge in [-0.25, -0.2) is 0 Å². The van der Waals surface area contributed by atoms with Crippen LogP contribution in [-0.2, 0) is 4.79 Å². The lowest BCUT2D eigenvalue weighted by molar-refractivity contribution is -0.107. The van der Waals surface area contributed by atoms with Gasteiger partial charge in [0.2, 0.25) is 0 Å². The van der Waals surface area contributed by atoms with Crippen LogP contribution in [0.1, 0.15) is 40.5 Å². The number of aliphatic hydroxyl groups excluding tert-OH is 2. The lowest BCUT2D eigenvalue weighted by atomic mass is 10.1. The molecule has 0 spiro atoms. The van der Waals surface area contributed by atoms with Gasteiger partial charge in [-0.2, -0.15) is 0 Å². The molecule has 0 bridgehead atoms. The predicted molar refractivity (Wildman–Crippen MR) is 64.0 cm³/mol. The van der Waals surface area contributed by atoms with Crippen molar-refractivity contribution in [1.29, 1.82) is 0 Å². The Morgan fingerprint density at radius 1 is 1.27 bits per heavy atom. The van der Waals surface area contributed by atoms with Crippen LogP contribution in [0.4, 0.5) is 0 Å². The zero-order valence-electron chi connectivity index (χ0n) is 10.7. The number of rotatable bonds is 5. The number of likely N-dealkylation sites (N-methyl/N-ethyl adjacent to an activating group) is 1. The number of aldehydes is 1. The van der Waals surface area contributed by atoms with Gasteiger partial charge >= 0.3 is 0 Å². The molecule has 0 aromatic heterocycles. The molecule has 3 N–H and O–H groups in total. The Kier molecular flexibility index (Phi) is 21.4. The standard InChI is InChI=1S/C5H13NO2.C4H8O.C2H6/c1-5(3-7,4-8)6-2;1-2-3-4-5;1-2/h6-8H,3-4H2,1-2H3;4H,2-3H2,1H3;1-2H3. The van der Waals surface area contributed by atoms with Gasteiger partial charge in [-0.15, -0.1) is 0 Å². The zero-order valence-corrected chi connectivity index (χ0v) is 10.7. The third-order valence-corrected chi connectivity index (χ3v) is 1.71. The molecule has 0 aliphatic rings. The molecule has 0 fully saturated rings. The van der Waals surface area contributed by atoms with Gasteiger partial charge in [0.1, 0.15) is 6.29 Å². The molecular formula is C11H27NO3. The Balaban J connectivity index is -0.000000177. The van der Waals surface area contributed by atoms with E-state index in [0.717, 1.165) is 12.7 Å². The molecule has 0 unspecified atom stereocenters. The second kappa shape index (κ2) is 16.0. The first-order chi connectivity index (χ1) is 7.10. The minimum atomic E-state index is -0.514. The second-order valence-corrected chi connectivity index (χ2v) is 3.08.